The Morgan fingerprint density at radius 3 is 3.00 bits per heavy atom. The van der Waals surface area contributed by atoms with Gasteiger partial charge in [0.05, 0.1) is 0 Å². The first-order chi connectivity index (χ1) is 10.2. The molecule has 1 fully saturated rings. The zero-order chi connectivity index (χ0) is 15.1. The lowest BCUT2D eigenvalue weighted by Crippen LogP contribution is -2.42. The van der Waals surface area contributed by atoms with Crippen LogP contribution in [0.4, 0.5) is 4.39 Å². The quantitative estimate of drug-likeness (QED) is 0.837. The molecule has 6 nitrogen and oxygen atoms in total. The Kier molecular flexibility index (Phi) is 5.46. The number of ether oxygens (including phenoxy) is 1. The number of hydrogen-bond donors (Lipinski definition) is 2. The molecular formula is C14H17FN4O2. The first-order valence-electron chi connectivity index (χ1n) is 6.85. The summed E-state index contributed by atoms with van der Waals surface area (Å²) in [7, 11) is 0. The van der Waals surface area contributed by atoms with Crippen molar-refractivity contribution < 1.29 is 13.9 Å². The fraction of sp³-hybridized carbons (Fsp3) is 0.500. The smallest absolute Gasteiger partial charge is 0.270 e. The second-order valence-corrected chi connectivity index (χ2v) is 4.71. The van der Waals surface area contributed by atoms with E-state index in [9.17, 15) is 9.18 Å². The molecule has 0 bridgehead atoms. The molecule has 1 aliphatic heterocycles. The van der Waals surface area contributed by atoms with Crippen molar-refractivity contribution in [1.82, 2.24) is 15.6 Å². The third-order valence-electron chi connectivity index (χ3n) is 3.23. The average molecular weight is 292 g/mol. The number of nitrogens with one attached hydrogen (secondary N) is 2. The number of piperidine rings is 1. The lowest BCUT2D eigenvalue weighted by atomic mass is 10.1. The van der Waals surface area contributed by atoms with E-state index in [1.54, 1.807) is 0 Å². The number of alkyl halides is 1. The molecule has 2 N–H and O–H groups in total. The van der Waals surface area contributed by atoms with Gasteiger partial charge in [-0.2, -0.15) is 5.26 Å². The van der Waals surface area contributed by atoms with Gasteiger partial charge in [-0.25, -0.2) is 9.37 Å². The number of hydrogen-bond acceptors (Lipinski definition) is 5. The first-order valence-corrected chi connectivity index (χ1v) is 6.85. The Hall–Kier alpha value is -2.20. The SMILES string of the molecule is N#Cc1cnc(C(=O)NC2CCNCC2)cc1OCCF. The van der Waals surface area contributed by atoms with Gasteiger partial charge in [-0.15, -0.1) is 0 Å². The molecule has 2 heterocycles. The Labute approximate surface area is 122 Å². The largest absolute Gasteiger partial charge is 0.489 e. The summed E-state index contributed by atoms with van der Waals surface area (Å²) in [4.78, 5) is 16.1. The van der Waals surface area contributed by atoms with Crippen LogP contribution < -0.4 is 15.4 Å². The van der Waals surface area contributed by atoms with Crippen LogP contribution in [-0.4, -0.2) is 43.3 Å². The third kappa shape index (κ3) is 4.13. The van der Waals surface area contributed by atoms with Crippen molar-refractivity contribution >= 4 is 5.91 Å². The predicted octanol–water partition coefficient (Wildman–Crippen LogP) is 0.783. The van der Waals surface area contributed by atoms with E-state index in [0.717, 1.165) is 25.9 Å². The van der Waals surface area contributed by atoms with E-state index in [4.69, 9.17) is 10.00 Å². The van der Waals surface area contributed by atoms with E-state index in [2.05, 4.69) is 15.6 Å². The van der Waals surface area contributed by atoms with Gasteiger partial charge < -0.3 is 15.4 Å². The van der Waals surface area contributed by atoms with Gasteiger partial charge >= 0.3 is 0 Å². The molecule has 112 valence electrons. The van der Waals surface area contributed by atoms with Crippen LogP contribution >= 0.6 is 0 Å². The fourth-order valence-electron chi connectivity index (χ4n) is 2.14. The van der Waals surface area contributed by atoms with E-state index in [0.29, 0.717) is 0 Å². The minimum Gasteiger partial charge on any atom is -0.489 e. The molecule has 0 atom stereocenters. The number of carbonyl (C=O) groups is 1. The summed E-state index contributed by atoms with van der Waals surface area (Å²) in [5.74, 6) is -0.128. The molecule has 1 aromatic heterocycles. The van der Waals surface area contributed by atoms with Gasteiger partial charge in [0.25, 0.3) is 5.91 Å². The number of nitrogens with zero attached hydrogens (tertiary/aromatic N) is 2. The molecular weight excluding hydrogens is 275 g/mol. The Morgan fingerprint density at radius 2 is 2.33 bits per heavy atom. The molecule has 1 amide bonds. The molecule has 1 aliphatic rings. The highest BCUT2D eigenvalue weighted by Gasteiger charge is 2.18. The van der Waals surface area contributed by atoms with Gasteiger partial charge in [-0.3, -0.25) is 4.79 Å². The van der Waals surface area contributed by atoms with Gasteiger partial charge in [-0.05, 0) is 25.9 Å². The van der Waals surface area contributed by atoms with E-state index >= 15 is 0 Å². The number of amides is 1. The summed E-state index contributed by atoms with van der Waals surface area (Å²) in [6.45, 7) is 0.922. The van der Waals surface area contributed by atoms with Gasteiger partial charge in [-0.1, -0.05) is 0 Å². The van der Waals surface area contributed by atoms with Crippen LogP contribution in [0.2, 0.25) is 0 Å². The van der Waals surface area contributed by atoms with Crippen LogP contribution in [-0.2, 0) is 0 Å². The summed E-state index contributed by atoms with van der Waals surface area (Å²) >= 11 is 0. The Balaban J connectivity index is 2.07. The molecule has 2 rings (SSSR count). The molecule has 1 aromatic rings. The Morgan fingerprint density at radius 1 is 1.57 bits per heavy atom. The van der Waals surface area contributed by atoms with Crippen molar-refractivity contribution in [2.75, 3.05) is 26.4 Å². The number of nitriles is 1. The molecule has 0 unspecified atom stereocenters. The van der Waals surface area contributed by atoms with Crippen molar-refractivity contribution in [2.45, 2.75) is 18.9 Å². The summed E-state index contributed by atoms with van der Waals surface area (Å²) in [6, 6.07) is 3.40. The van der Waals surface area contributed by atoms with Gasteiger partial charge in [0.2, 0.25) is 0 Å². The standard InChI is InChI=1S/C14H17FN4O2/c15-3-6-21-13-7-12(18-9-10(13)8-16)14(20)19-11-1-4-17-5-2-11/h7,9,11,17H,1-6H2,(H,19,20). The van der Waals surface area contributed by atoms with E-state index < -0.39 is 6.67 Å². The first kappa shape index (κ1) is 15.2. The second kappa shape index (κ2) is 7.55. The van der Waals surface area contributed by atoms with Gasteiger partial charge in [0.15, 0.2) is 0 Å². The molecule has 21 heavy (non-hydrogen) atoms. The normalized spacial score (nSPS) is 15.2. The lowest BCUT2D eigenvalue weighted by molar-refractivity contribution is 0.0924. The highest BCUT2D eigenvalue weighted by molar-refractivity contribution is 5.93. The number of aromatic nitrogens is 1. The third-order valence-corrected chi connectivity index (χ3v) is 3.23. The fourth-order valence-corrected chi connectivity index (χ4v) is 2.14. The summed E-state index contributed by atoms with van der Waals surface area (Å²) < 4.78 is 17.3. The van der Waals surface area contributed by atoms with E-state index in [-0.39, 0.29) is 35.6 Å². The molecule has 7 heteroatoms. The molecule has 0 radical (unpaired) electrons. The molecule has 1 saturated heterocycles. The number of rotatable bonds is 5. The van der Waals surface area contributed by atoms with Crippen molar-refractivity contribution in [1.29, 1.82) is 5.26 Å². The van der Waals surface area contributed by atoms with Gasteiger partial charge in [0, 0.05) is 18.3 Å². The maximum Gasteiger partial charge on any atom is 0.270 e. The number of carbonyl (C=O) groups excluding carboxylic acids is 1. The van der Waals surface area contributed by atoms with Crippen molar-refractivity contribution in [2.24, 2.45) is 0 Å². The van der Waals surface area contributed by atoms with Crippen molar-refractivity contribution in [3.05, 3.63) is 23.5 Å². The minimum absolute atomic E-state index is 0.117. The van der Waals surface area contributed by atoms with Crippen LogP contribution in [0.1, 0.15) is 28.9 Å². The molecule has 0 aromatic carbocycles. The molecule has 0 spiro atoms. The second-order valence-electron chi connectivity index (χ2n) is 4.71. The van der Waals surface area contributed by atoms with Crippen LogP contribution in [0.15, 0.2) is 12.3 Å². The maximum atomic E-state index is 12.2. The van der Waals surface area contributed by atoms with Crippen molar-refractivity contribution in [3.8, 4) is 11.8 Å². The van der Waals surface area contributed by atoms with E-state index in [1.807, 2.05) is 6.07 Å². The zero-order valence-corrected chi connectivity index (χ0v) is 11.6. The highest BCUT2D eigenvalue weighted by atomic mass is 19.1. The maximum absolute atomic E-state index is 12.2. The predicted molar refractivity (Wildman–Crippen MR) is 73.8 cm³/mol. The Bertz CT molecular complexity index is 538. The van der Waals surface area contributed by atoms with Crippen molar-refractivity contribution in [3.63, 3.8) is 0 Å². The summed E-state index contributed by atoms with van der Waals surface area (Å²) in [5.41, 5.74) is 0.350. The molecule has 0 aliphatic carbocycles. The highest BCUT2D eigenvalue weighted by Crippen LogP contribution is 2.18. The minimum atomic E-state index is -0.663. The summed E-state index contributed by atoms with van der Waals surface area (Å²) in [5, 5.41) is 15.1. The van der Waals surface area contributed by atoms with Crippen LogP contribution in [0, 0.1) is 11.3 Å². The lowest BCUT2D eigenvalue weighted by Gasteiger charge is -2.23. The number of pyridine rings is 1. The van der Waals surface area contributed by atoms with Crippen LogP contribution in [0.25, 0.3) is 0 Å². The topological polar surface area (TPSA) is 87.0 Å². The van der Waals surface area contributed by atoms with Gasteiger partial charge in [0.1, 0.15) is 36.4 Å². The van der Waals surface area contributed by atoms with Crippen LogP contribution in [0.5, 0.6) is 5.75 Å². The van der Waals surface area contributed by atoms with E-state index in [1.165, 1.54) is 12.3 Å². The number of halogens is 1. The summed E-state index contributed by atoms with van der Waals surface area (Å²) in [6.07, 6.45) is 3.01. The van der Waals surface area contributed by atoms with Crippen LogP contribution in [0.3, 0.4) is 0 Å². The monoisotopic (exact) mass is 292 g/mol. The molecule has 0 saturated carbocycles. The zero-order valence-electron chi connectivity index (χ0n) is 11.6. The average Bonchev–Trinajstić information content (AvgIpc) is 2.53.